The smallest absolute Gasteiger partial charge is 0.115 e. The Hall–Kier alpha value is -1.00. The van der Waals surface area contributed by atoms with Crippen LogP contribution in [0, 0.1) is 0 Å². The minimum atomic E-state index is 0.128. The number of rotatable bonds is 2. The first-order valence-corrected chi connectivity index (χ1v) is 7.05. The molecule has 1 saturated heterocycles. The van der Waals surface area contributed by atoms with Crippen molar-refractivity contribution in [1.82, 2.24) is 14.9 Å². The maximum atomic E-state index is 5.85. The average molecular weight is 247 g/mol. The monoisotopic (exact) mass is 247 g/mol. The molecule has 18 heavy (non-hydrogen) atoms. The molecule has 4 heteroatoms. The molecule has 2 aliphatic rings. The van der Waals surface area contributed by atoms with E-state index < -0.39 is 0 Å². The third-order valence-corrected chi connectivity index (χ3v) is 4.12. The highest BCUT2D eigenvalue weighted by molar-refractivity contribution is 5.04. The molecule has 98 valence electrons. The maximum Gasteiger partial charge on any atom is 0.115 e. The first-order chi connectivity index (χ1) is 8.93. The van der Waals surface area contributed by atoms with Crippen molar-refractivity contribution >= 4 is 0 Å². The van der Waals surface area contributed by atoms with Crippen molar-refractivity contribution in [1.29, 1.82) is 0 Å². The Labute approximate surface area is 108 Å². The van der Waals surface area contributed by atoms with Gasteiger partial charge in [-0.3, -0.25) is 4.90 Å². The zero-order valence-electron chi connectivity index (χ0n) is 10.8. The van der Waals surface area contributed by atoms with Crippen LogP contribution < -0.4 is 0 Å². The van der Waals surface area contributed by atoms with Gasteiger partial charge >= 0.3 is 0 Å². The van der Waals surface area contributed by atoms with Gasteiger partial charge in [0.15, 0.2) is 0 Å². The molecule has 4 nitrogen and oxygen atoms in total. The summed E-state index contributed by atoms with van der Waals surface area (Å²) in [5.41, 5.74) is 1.02. The summed E-state index contributed by atoms with van der Waals surface area (Å²) in [4.78, 5) is 10.9. The number of morpholine rings is 1. The van der Waals surface area contributed by atoms with Gasteiger partial charge in [-0.05, 0) is 18.9 Å². The molecule has 1 aromatic heterocycles. The molecule has 0 radical (unpaired) electrons. The summed E-state index contributed by atoms with van der Waals surface area (Å²) in [6.45, 7) is 2.89. The van der Waals surface area contributed by atoms with Crippen LogP contribution in [-0.2, 0) is 4.74 Å². The second-order valence-corrected chi connectivity index (χ2v) is 5.28. The van der Waals surface area contributed by atoms with E-state index in [4.69, 9.17) is 4.74 Å². The van der Waals surface area contributed by atoms with Gasteiger partial charge in [0.25, 0.3) is 0 Å². The maximum absolute atomic E-state index is 5.85. The molecule has 0 aromatic carbocycles. The molecule has 0 bridgehead atoms. The van der Waals surface area contributed by atoms with Crippen molar-refractivity contribution in [2.24, 2.45) is 0 Å². The topological polar surface area (TPSA) is 38.2 Å². The molecule has 3 rings (SSSR count). The molecule has 1 atom stereocenters. The highest BCUT2D eigenvalue weighted by Crippen LogP contribution is 2.27. The van der Waals surface area contributed by atoms with Crippen LogP contribution >= 0.6 is 0 Å². The van der Waals surface area contributed by atoms with Crippen molar-refractivity contribution in [2.75, 3.05) is 19.7 Å². The van der Waals surface area contributed by atoms with E-state index in [1.165, 1.54) is 32.1 Å². The third-order valence-electron chi connectivity index (χ3n) is 4.12. The molecule has 1 unspecified atom stereocenters. The van der Waals surface area contributed by atoms with Gasteiger partial charge in [-0.25, -0.2) is 9.97 Å². The summed E-state index contributed by atoms with van der Waals surface area (Å²) in [5.74, 6) is 0. The number of aromatic nitrogens is 2. The van der Waals surface area contributed by atoms with Crippen LogP contribution in [0.15, 0.2) is 18.6 Å². The van der Waals surface area contributed by atoms with Crippen molar-refractivity contribution in [3.8, 4) is 0 Å². The zero-order chi connectivity index (χ0) is 12.2. The normalized spacial score (nSPS) is 27.2. The van der Waals surface area contributed by atoms with Gasteiger partial charge in [0.1, 0.15) is 12.4 Å². The van der Waals surface area contributed by atoms with Crippen LogP contribution in [0.2, 0.25) is 0 Å². The second-order valence-electron chi connectivity index (χ2n) is 5.28. The van der Waals surface area contributed by atoms with Gasteiger partial charge in [-0.15, -0.1) is 0 Å². The van der Waals surface area contributed by atoms with Crippen LogP contribution in [0.25, 0.3) is 0 Å². The summed E-state index contributed by atoms with van der Waals surface area (Å²) in [7, 11) is 0. The van der Waals surface area contributed by atoms with Gasteiger partial charge in [0.05, 0.1) is 12.3 Å². The number of ether oxygens (including phenoxy) is 1. The van der Waals surface area contributed by atoms with Gasteiger partial charge in [0.2, 0.25) is 0 Å². The lowest BCUT2D eigenvalue weighted by Crippen LogP contribution is -2.45. The molecule has 2 fully saturated rings. The predicted molar refractivity (Wildman–Crippen MR) is 69.2 cm³/mol. The first-order valence-electron chi connectivity index (χ1n) is 7.05. The minimum absolute atomic E-state index is 0.128. The quantitative estimate of drug-likeness (QED) is 0.803. The van der Waals surface area contributed by atoms with Crippen molar-refractivity contribution in [2.45, 2.75) is 44.2 Å². The number of hydrogen-bond donors (Lipinski definition) is 0. The standard InChI is InChI=1S/C14H21N3O/c1-2-4-12(5-3-1)17-8-9-18-14(10-17)13-6-7-15-11-16-13/h6-7,11-12,14H,1-5,8-10H2. The van der Waals surface area contributed by atoms with E-state index >= 15 is 0 Å². The number of nitrogens with zero attached hydrogens (tertiary/aromatic N) is 3. The van der Waals surface area contributed by atoms with Crippen LogP contribution in [0.4, 0.5) is 0 Å². The fraction of sp³-hybridized carbons (Fsp3) is 0.714. The Morgan fingerprint density at radius 1 is 1.22 bits per heavy atom. The molecule has 2 heterocycles. The van der Waals surface area contributed by atoms with E-state index in [1.807, 2.05) is 6.07 Å². The lowest BCUT2D eigenvalue weighted by molar-refractivity contribution is -0.0517. The summed E-state index contributed by atoms with van der Waals surface area (Å²) in [6.07, 6.45) is 10.4. The van der Waals surface area contributed by atoms with E-state index in [-0.39, 0.29) is 6.10 Å². The van der Waals surface area contributed by atoms with Gasteiger partial charge in [-0.1, -0.05) is 19.3 Å². The summed E-state index contributed by atoms with van der Waals surface area (Å²) >= 11 is 0. The fourth-order valence-corrected chi connectivity index (χ4v) is 3.12. The molecule has 0 spiro atoms. The Kier molecular flexibility index (Phi) is 3.86. The summed E-state index contributed by atoms with van der Waals surface area (Å²) in [6, 6.07) is 2.74. The minimum Gasteiger partial charge on any atom is -0.369 e. The zero-order valence-corrected chi connectivity index (χ0v) is 10.8. The molecular formula is C14H21N3O. The number of hydrogen-bond acceptors (Lipinski definition) is 4. The van der Waals surface area contributed by atoms with E-state index in [0.29, 0.717) is 0 Å². The van der Waals surface area contributed by atoms with Crippen molar-refractivity contribution in [3.05, 3.63) is 24.3 Å². The lowest BCUT2D eigenvalue weighted by Gasteiger charge is -2.39. The van der Waals surface area contributed by atoms with Crippen LogP contribution in [0.1, 0.15) is 43.9 Å². The van der Waals surface area contributed by atoms with E-state index in [0.717, 1.165) is 31.4 Å². The van der Waals surface area contributed by atoms with Gasteiger partial charge < -0.3 is 4.74 Å². The highest BCUT2D eigenvalue weighted by Gasteiger charge is 2.28. The Balaban J connectivity index is 1.64. The SMILES string of the molecule is c1cc(C2CN(C3CCCCC3)CCO2)ncn1. The van der Waals surface area contributed by atoms with Gasteiger partial charge in [0, 0.05) is 25.3 Å². The summed E-state index contributed by atoms with van der Waals surface area (Å²) < 4.78 is 5.85. The molecule has 1 aromatic rings. The van der Waals surface area contributed by atoms with Crippen LogP contribution in [0.3, 0.4) is 0 Å². The first kappa shape index (κ1) is 12.1. The largest absolute Gasteiger partial charge is 0.369 e. The molecule has 1 saturated carbocycles. The van der Waals surface area contributed by atoms with E-state index in [2.05, 4.69) is 14.9 Å². The van der Waals surface area contributed by atoms with E-state index in [1.54, 1.807) is 12.5 Å². The summed E-state index contributed by atoms with van der Waals surface area (Å²) in [5, 5.41) is 0. The van der Waals surface area contributed by atoms with Crippen LogP contribution in [0.5, 0.6) is 0 Å². The molecule has 0 N–H and O–H groups in total. The van der Waals surface area contributed by atoms with Gasteiger partial charge in [-0.2, -0.15) is 0 Å². The van der Waals surface area contributed by atoms with Crippen molar-refractivity contribution < 1.29 is 4.74 Å². The Morgan fingerprint density at radius 3 is 2.89 bits per heavy atom. The molecular weight excluding hydrogens is 226 g/mol. The van der Waals surface area contributed by atoms with Crippen molar-refractivity contribution in [3.63, 3.8) is 0 Å². The molecule has 1 aliphatic carbocycles. The second kappa shape index (κ2) is 5.76. The van der Waals surface area contributed by atoms with E-state index in [9.17, 15) is 0 Å². The molecule has 1 aliphatic heterocycles. The lowest BCUT2D eigenvalue weighted by atomic mass is 9.93. The molecule has 0 amide bonds. The highest BCUT2D eigenvalue weighted by atomic mass is 16.5. The Morgan fingerprint density at radius 2 is 2.11 bits per heavy atom. The third kappa shape index (κ3) is 2.70. The van der Waals surface area contributed by atoms with Crippen LogP contribution in [-0.4, -0.2) is 40.6 Å². The fourth-order valence-electron chi connectivity index (χ4n) is 3.12. The Bertz CT molecular complexity index is 365. The average Bonchev–Trinajstić information content (AvgIpc) is 2.49. The predicted octanol–water partition coefficient (Wildman–Crippen LogP) is 2.18.